The Kier molecular flexibility index (Phi) is 14.6. The van der Waals surface area contributed by atoms with E-state index in [-0.39, 0.29) is 11.2 Å². The predicted molar refractivity (Wildman–Crippen MR) is 193 cm³/mol. The van der Waals surface area contributed by atoms with Gasteiger partial charge in [0.05, 0.1) is 22.5 Å². The van der Waals surface area contributed by atoms with Crippen LogP contribution in [0.25, 0.3) is 22.5 Å². The Hall–Kier alpha value is -5.17. The largest absolute Gasteiger partial charge is 0.416 e. The third kappa shape index (κ3) is 12.0. The summed E-state index contributed by atoms with van der Waals surface area (Å²) in [5.41, 5.74) is 1.89. The van der Waals surface area contributed by atoms with E-state index in [1.807, 2.05) is 50.6 Å². The zero-order chi connectivity index (χ0) is 37.2. The minimum Gasteiger partial charge on any atom is -0.412 e. The van der Waals surface area contributed by atoms with Crippen LogP contribution in [-0.2, 0) is 12.4 Å². The van der Waals surface area contributed by atoms with E-state index in [1.54, 1.807) is 23.7 Å². The normalized spacial score (nSPS) is 10.9. The van der Waals surface area contributed by atoms with Crippen molar-refractivity contribution in [2.24, 2.45) is 0 Å². The van der Waals surface area contributed by atoms with Gasteiger partial charge in [-0.25, -0.2) is 19.9 Å². The number of alkyl halides is 6. The third-order valence-corrected chi connectivity index (χ3v) is 7.93. The van der Waals surface area contributed by atoms with Crippen LogP contribution in [-0.4, -0.2) is 53.6 Å². The highest BCUT2D eigenvalue weighted by molar-refractivity contribution is 7.14. The Labute approximate surface area is 302 Å². The van der Waals surface area contributed by atoms with Crippen molar-refractivity contribution in [3.8, 4) is 22.5 Å². The minimum absolute atomic E-state index is 0. The SMILES string of the molecule is CN(C)c1cc(-c2csc(Nc3cccc(C(F)(F)F)c3)n2)ccn1.CNC.Fc1cc(-c2csc(Nc3cccc(C(F)(F)F)c3)n2)ccn1.O. The number of anilines is 5. The topological polar surface area (TPSA) is 122 Å². The van der Waals surface area contributed by atoms with E-state index in [4.69, 9.17) is 0 Å². The minimum atomic E-state index is -4.40. The highest BCUT2D eigenvalue weighted by Gasteiger charge is 2.31. The number of rotatable bonds is 7. The van der Waals surface area contributed by atoms with Crippen LogP contribution >= 0.6 is 22.7 Å². The Morgan fingerprint density at radius 1 is 0.635 bits per heavy atom. The molecule has 0 spiro atoms. The van der Waals surface area contributed by atoms with Crippen molar-refractivity contribution in [3.63, 3.8) is 0 Å². The average molecular weight is 767 g/mol. The summed E-state index contributed by atoms with van der Waals surface area (Å²) in [5, 5.41) is 13.0. The lowest BCUT2D eigenvalue weighted by Crippen LogP contribution is -2.10. The smallest absolute Gasteiger partial charge is 0.412 e. The number of thiazole rings is 2. The number of nitrogens with zero attached hydrogens (tertiary/aromatic N) is 5. The van der Waals surface area contributed by atoms with Crippen molar-refractivity contribution >= 4 is 50.1 Å². The first-order valence-corrected chi connectivity index (χ1v) is 16.6. The van der Waals surface area contributed by atoms with Crippen molar-refractivity contribution in [1.29, 1.82) is 0 Å². The maximum absolute atomic E-state index is 13.1. The van der Waals surface area contributed by atoms with Gasteiger partial charge in [-0.1, -0.05) is 12.1 Å². The molecule has 52 heavy (non-hydrogen) atoms. The average Bonchev–Trinajstić information content (AvgIpc) is 3.75. The number of benzene rings is 2. The highest BCUT2D eigenvalue weighted by atomic mass is 32.1. The molecule has 0 unspecified atom stereocenters. The van der Waals surface area contributed by atoms with Gasteiger partial charge in [-0.2, -0.15) is 30.7 Å². The van der Waals surface area contributed by atoms with Gasteiger partial charge in [0, 0.05) is 65.8 Å². The monoisotopic (exact) mass is 766 g/mol. The van der Waals surface area contributed by atoms with Gasteiger partial charge >= 0.3 is 12.4 Å². The molecule has 0 saturated carbocycles. The molecule has 4 heterocycles. The second kappa shape index (κ2) is 18.4. The Morgan fingerprint density at radius 2 is 1.08 bits per heavy atom. The molecular weight excluding hydrogens is 734 g/mol. The van der Waals surface area contributed by atoms with E-state index >= 15 is 0 Å². The van der Waals surface area contributed by atoms with Crippen LogP contribution in [0.2, 0.25) is 0 Å². The summed E-state index contributed by atoms with van der Waals surface area (Å²) < 4.78 is 89.5. The van der Waals surface area contributed by atoms with Gasteiger partial charge in [0.15, 0.2) is 10.3 Å². The summed E-state index contributed by atoms with van der Waals surface area (Å²) >= 11 is 2.54. The Balaban J connectivity index is 0.000000257. The van der Waals surface area contributed by atoms with Gasteiger partial charge in [-0.15, -0.1) is 22.7 Å². The molecular formula is C34H33F7N8OS2. The molecule has 0 aliphatic heterocycles. The van der Waals surface area contributed by atoms with Crippen LogP contribution in [0.4, 0.5) is 58.2 Å². The summed E-state index contributed by atoms with van der Waals surface area (Å²) in [4.78, 5) is 18.3. The summed E-state index contributed by atoms with van der Waals surface area (Å²) in [6.07, 6.45) is -5.75. The molecule has 276 valence electrons. The number of nitrogens with one attached hydrogen (secondary N) is 3. The lowest BCUT2D eigenvalue weighted by atomic mass is 10.2. The summed E-state index contributed by atoms with van der Waals surface area (Å²) in [6.45, 7) is 0. The molecule has 0 radical (unpaired) electrons. The van der Waals surface area contributed by atoms with Crippen LogP contribution < -0.4 is 20.9 Å². The number of pyridine rings is 2. The highest BCUT2D eigenvalue weighted by Crippen LogP contribution is 2.34. The van der Waals surface area contributed by atoms with Crippen molar-refractivity contribution in [3.05, 3.63) is 113 Å². The van der Waals surface area contributed by atoms with E-state index < -0.39 is 29.4 Å². The fraction of sp³-hybridized carbons (Fsp3) is 0.176. The van der Waals surface area contributed by atoms with Crippen LogP contribution in [0.5, 0.6) is 0 Å². The molecule has 5 N–H and O–H groups in total. The molecule has 4 aromatic heterocycles. The second-order valence-corrected chi connectivity index (χ2v) is 12.4. The number of halogens is 7. The number of aromatic nitrogens is 4. The maximum Gasteiger partial charge on any atom is 0.416 e. The van der Waals surface area contributed by atoms with Gasteiger partial charge < -0.3 is 26.3 Å². The van der Waals surface area contributed by atoms with E-state index in [1.165, 1.54) is 53.1 Å². The standard InChI is InChI=1S/C17H15F3N4S.C15H9F4N3S.C2H7N.H2O/c1-24(2)15-8-11(6-7-21-15)14-10-25-16(23-14)22-13-5-3-4-12(9-13)17(18,19)20;16-13-6-9(4-5-20-13)12-8-23-14(22-12)21-11-3-1-2-10(7-11)15(17,18)19;1-3-2;/h3-10H,1-2H3,(H,22,23);1-8H,(H,21,22);3H,1-2H3;1H2. The van der Waals surface area contributed by atoms with Gasteiger partial charge in [0.25, 0.3) is 0 Å². The number of hydrogen-bond acceptors (Lipinski definition) is 10. The Morgan fingerprint density at radius 3 is 1.50 bits per heavy atom. The molecule has 6 rings (SSSR count). The fourth-order valence-corrected chi connectivity index (χ4v) is 5.58. The quantitative estimate of drug-likeness (QED) is 0.109. The van der Waals surface area contributed by atoms with Crippen LogP contribution in [0.1, 0.15) is 11.1 Å². The molecule has 2 aromatic carbocycles. The van der Waals surface area contributed by atoms with E-state index in [0.29, 0.717) is 27.2 Å². The summed E-state index contributed by atoms with van der Waals surface area (Å²) in [6, 6.07) is 16.5. The van der Waals surface area contributed by atoms with E-state index in [0.717, 1.165) is 41.3 Å². The lowest BCUT2D eigenvalue weighted by Gasteiger charge is -2.11. The predicted octanol–water partition coefficient (Wildman–Crippen LogP) is 9.15. The van der Waals surface area contributed by atoms with E-state index in [2.05, 4.69) is 35.9 Å². The summed E-state index contributed by atoms with van der Waals surface area (Å²) in [7, 11) is 7.54. The molecule has 0 saturated heterocycles. The first kappa shape index (κ1) is 41.3. The molecule has 0 atom stereocenters. The first-order valence-electron chi connectivity index (χ1n) is 14.8. The van der Waals surface area contributed by atoms with Crippen molar-refractivity contribution < 1.29 is 36.2 Å². The van der Waals surface area contributed by atoms with Crippen molar-refractivity contribution in [2.45, 2.75) is 12.4 Å². The van der Waals surface area contributed by atoms with Gasteiger partial charge in [-0.3, -0.25) is 0 Å². The lowest BCUT2D eigenvalue weighted by molar-refractivity contribution is -0.138. The zero-order valence-corrected chi connectivity index (χ0v) is 29.6. The van der Waals surface area contributed by atoms with Gasteiger partial charge in [-0.05, 0) is 68.7 Å². The Bertz CT molecular complexity index is 2020. The first-order chi connectivity index (χ1) is 24.2. The van der Waals surface area contributed by atoms with Gasteiger partial charge in [0.1, 0.15) is 5.82 Å². The summed E-state index contributed by atoms with van der Waals surface area (Å²) in [5.74, 6) is 0.181. The fourth-order valence-electron chi connectivity index (χ4n) is 4.11. The third-order valence-electron chi connectivity index (χ3n) is 6.41. The molecule has 0 aliphatic rings. The van der Waals surface area contributed by atoms with Crippen molar-refractivity contribution in [2.75, 3.05) is 43.7 Å². The maximum atomic E-state index is 13.1. The van der Waals surface area contributed by atoms with Crippen molar-refractivity contribution in [1.82, 2.24) is 25.3 Å². The molecule has 6 aromatic rings. The van der Waals surface area contributed by atoms with Gasteiger partial charge in [0.2, 0.25) is 5.95 Å². The molecule has 0 aliphatic carbocycles. The van der Waals surface area contributed by atoms with E-state index in [9.17, 15) is 30.7 Å². The molecule has 0 amide bonds. The van der Waals surface area contributed by atoms with Crippen LogP contribution in [0.3, 0.4) is 0 Å². The molecule has 9 nitrogen and oxygen atoms in total. The molecule has 18 heteroatoms. The molecule has 0 fully saturated rings. The van der Waals surface area contributed by atoms with Crippen LogP contribution in [0.15, 0.2) is 96.0 Å². The second-order valence-electron chi connectivity index (χ2n) is 10.6. The zero-order valence-electron chi connectivity index (χ0n) is 27.9. The van der Waals surface area contributed by atoms with Crippen LogP contribution in [0, 0.1) is 5.95 Å². The molecule has 0 bridgehead atoms. The number of hydrogen-bond donors (Lipinski definition) is 3.